The topological polar surface area (TPSA) is 66.5 Å². The van der Waals surface area contributed by atoms with Crippen LogP contribution in [0.15, 0.2) is 48.5 Å². The van der Waals surface area contributed by atoms with Crippen LogP contribution in [0.3, 0.4) is 0 Å². The Morgan fingerprint density at radius 3 is 2.54 bits per heavy atom. The molecule has 0 unspecified atom stereocenters. The smallest absolute Gasteiger partial charge is 0.232 e. The molecule has 7 heteroatoms. The number of nitrogens with zero attached hydrogens (tertiary/aromatic N) is 1. The molecule has 0 heterocycles. The first-order valence-electron chi connectivity index (χ1n) is 8.38. The summed E-state index contributed by atoms with van der Waals surface area (Å²) in [6.07, 6.45) is 1.89. The molecule has 0 aliphatic rings. The van der Waals surface area contributed by atoms with Crippen molar-refractivity contribution < 1.29 is 17.6 Å². The molecule has 2 aromatic rings. The predicted octanol–water partition coefficient (Wildman–Crippen LogP) is 2.51. The number of rotatable bonds is 8. The molecule has 0 bridgehead atoms. The van der Waals surface area contributed by atoms with Gasteiger partial charge in [-0.3, -0.25) is 9.10 Å². The first-order chi connectivity index (χ1) is 12.3. The molecule has 5 nitrogen and oxygen atoms in total. The van der Waals surface area contributed by atoms with Crippen molar-refractivity contribution in [1.29, 1.82) is 0 Å². The van der Waals surface area contributed by atoms with Crippen molar-refractivity contribution in [3.05, 3.63) is 65.5 Å². The molecule has 0 saturated carbocycles. The van der Waals surface area contributed by atoms with E-state index in [2.05, 4.69) is 5.32 Å². The summed E-state index contributed by atoms with van der Waals surface area (Å²) < 4.78 is 38.8. The highest BCUT2D eigenvalue weighted by atomic mass is 32.2. The fourth-order valence-corrected chi connectivity index (χ4v) is 3.67. The second-order valence-electron chi connectivity index (χ2n) is 5.97. The Kier molecular flexibility index (Phi) is 6.74. The summed E-state index contributed by atoms with van der Waals surface area (Å²) in [6.45, 7) is 2.25. The predicted molar refractivity (Wildman–Crippen MR) is 101 cm³/mol. The van der Waals surface area contributed by atoms with Crippen LogP contribution in [-0.4, -0.2) is 33.7 Å². The van der Waals surface area contributed by atoms with Gasteiger partial charge < -0.3 is 5.32 Å². The van der Waals surface area contributed by atoms with Crippen LogP contribution in [0.2, 0.25) is 0 Å². The Morgan fingerprint density at radius 1 is 1.15 bits per heavy atom. The number of carbonyl (C=O) groups excluding carboxylic acids is 1. The summed E-state index contributed by atoms with van der Waals surface area (Å²) in [7, 11) is -3.48. The van der Waals surface area contributed by atoms with Crippen molar-refractivity contribution in [3.63, 3.8) is 0 Å². The molecule has 2 rings (SSSR count). The van der Waals surface area contributed by atoms with Gasteiger partial charge in [-0.25, -0.2) is 12.8 Å². The highest BCUT2D eigenvalue weighted by molar-refractivity contribution is 7.92. The van der Waals surface area contributed by atoms with Crippen molar-refractivity contribution in [2.24, 2.45) is 0 Å². The fourth-order valence-electron chi connectivity index (χ4n) is 2.71. The number of amides is 1. The number of carbonyl (C=O) groups is 1. The van der Waals surface area contributed by atoms with Crippen LogP contribution in [-0.2, 0) is 27.7 Å². The van der Waals surface area contributed by atoms with E-state index in [4.69, 9.17) is 0 Å². The van der Waals surface area contributed by atoms with Crippen LogP contribution in [0.5, 0.6) is 0 Å². The van der Waals surface area contributed by atoms with E-state index in [9.17, 15) is 17.6 Å². The Labute approximate surface area is 153 Å². The molecule has 0 aliphatic heterocycles. The third-order valence-corrected chi connectivity index (χ3v) is 5.11. The molecule has 26 heavy (non-hydrogen) atoms. The molecular formula is C19H23FN2O3S. The summed E-state index contributed by atoms with van der Waals surface area (Å²) in [5.41, 5.74) is 2.11. The summed E-state index contributed by atoms with van der Waals surface area (Å²) in [4.78, 5) is 12.0. The van der Waals surface area contributed by atoms with Gasteiger partial charge in [-0.15, -0.1) is 0 Å². The maximum atomic E-state index is 13.2. The zero-order chi connectivity index (χ0) is 19.2. The molecule has 0 saturated heterocycles. The molecule has 0 aliphatic carbocycles. The standard InChI is InChI=1S/C19H23FN2O3S/c1-3-16-8-4-5-10-18(16)22(26(2,24)25)12-11-21-19(23)14-15-7-6-9-17(20)13-15/h4-10,13H,3,11-12,14H2,1-2H3,(H,21,23). The van der Waals surface area contributed by atoms with Gasteiger partial charge in [0.25, 0.3) is 0 Å². The number of hydrogen-bond acceptors (Lipinski definition) is 3. The van der Waals surface area contributed by atoms with Gasteiger partial charge >= 0.3 is 0 Å². The van der Waals surface area contributed by atoms with Gasteiger partial charge in [-0.05, 0) is 35.7 Å². The van der Waals surface area contributed by atoms with Gasteiger partial charge in [-0.2, -0.15) is 0 Å². The van der Waals surface area contributed by atoms with Crippen molar-refractivity contribution >= 4 is 21.6 Å². The average Bonchev–Trinajstić information content (AvgIpc) is 2.57. The largest absolute Gasteiger partial charge is 0.354 e. The van der Waals surface area contributed by atoms with E-state index >= 15 is 0 Å². The maximum Gasteiger partial charge on any atom is 0.232 e. The summed E-state index contributed by atoms with van der Waals surface area (Å²) in [6, 6.07) is 13.1. The van der Waals surface area contributed by atoms with Crippen molar-refractivity contribution in [1.82, 2.24) is 5.32 Å². The van der Waals surface area contributed by atoms with Crippen LogP contribution in [0, 0.1) is 5.82 Å². The molecule has 1 N–H and O–H groups in total. The maximum absolute atomic E-state index is 13.2. The number of aryl methyl sites for hydroxylation is 1. The number of anilines is 1. The lowest BCUT2D eigenvalue weighted by Crippen LogP contribution is -2.39. The van der Waals surface area contributed by atoms with Crippen LogP contribution in [0.4, 0.5) is 10.1 Å². The Bertz CT molecular complexity index is 869. The first-order valence-corrected chi connectivity index (χ1v) is 10.2. The zero-order valence-electron chi connectivity index (χ0n) is 14.9. The molecule has 2 aromatic carbocycles. The fraction of sp³-hybridized carbons (Fsp3) is 0.316. The van der Waals surface area contributed by atoms with E-state index < -0.39 is 15.8 Å². The number of para-hydroxylation sites is 1. The highest BCUT2D eigenvalue weighted by Gasteiger charge is 2.19. The Hall–Kier alpha value is -2.41. The highest BCUT2D eigenvalue weighted by Crippen LogP contribution is 2.22. The van der Waals surface area contributed by atoms with Crippen LogP contribution >= 0.6 is 0 Å². The second-order valence-corrected chi connectivity index (χ2v) is 7.88. The van der Waals surface area contributed by atoms with E-state index in [0.29, 0.717) is 17.7 Å². The molecule has 0 spiro atoms. The van der Waals surface area contributed by atoms with Gasteiger partial charge in [0.15, 0.2) is 0 Å². The van der Waals surface area contributed by atoms with Gasteiger partial charge in [0.1, 0.15) is 5.82 Å². The molecule has 140 valence electrons. The van der Waals surface area contributed by atoms with Crippen LogP contribution < -0.4 is 9.62 Å². The number of hydrogen-bond donors (Lipinski definition) is 1. The Balaban J connectivity index is 2.01. The molecule has 0 aromatic heterocycles. The van der Waals surface area contributed by atoms with Crippen LogP contribution in [0.25, 0.3) is 0 Å². The number of benzene rings is 2. The lowest BCUT2D eigenvalue weighted by Gasteiger charge is -2.24. The van der Waals surface area contributed by atoms with E-state index in [1.807, 2.05) is 19.1 Å². The SMILES string of the molecule is CCc1ccccc1N(CCNC(=O)Cc1cccc(F)c1)S(C)(=O)=O. The van der Waals surface area contributed by atoms with Gasteiger partial charge in [0.2, 0.25) is 15.9 Å². The number of halogens is 1. The molecule has 1 amide bonds. The quantitative estimate of drug-likeness (QED) is 0.768. The van der Waals surface area contributed by atoms with E-state index in [-0.39, 0.29) is 25.4 Å². The van der Waals surface area contributed by atoms with E-state index in [1.165, 1.54) is 16.4 Å². The normalized spacial score (nSPS) is 11.2. The summed E-state index contributed by atoms with van der Waals surface area (Å²) in [5, 5.41) is 2.69. The van der Waals surface area contributed by atoms with Crippen molar-refractivity contribution in [3.8, 4) is 0 Å². The molecule has 0 fully saturated rings. The minimum atomic E-state index is -3.48. The van der Waals surface area contributed by atoms with Crippen LogP contribution in [0.1, 0.15) is 18.1 Å². The average molecular weight is 378 g/mol. The Morgan fingerprint density at radius 2 is 1.88 bits per heavy atom. The molecule has 0 radical (unpaired) electrons. The van der Waals surface area contributed by atoms with Crippen molar-refractivity contribution in [2.45, 2.75) is 19.8 Å². The second kappa shape index (κ2) is 8.80. The minimum Gasteiger partial charge on any atom is -0.354 e. The third kappa shape index (κ3) is 5.56. The third-order valence-electron chi connectivity index (χ3n) is 3.93. The van der Waals surface area contributed by atoms with Crippen molar-refractivity contribution in [2.75, 3.05) is 23.7 Å². The lowest BCUT2D eigenvalue weighted by atomic mass is 10.1. The first kappa shape index (κ1) is 19.9. The van der Waals surface area contributed by atoms with Gasteiger partial charge in [0, 0.05) is 6.54 Å². The molecule has 0 atom stereocenters. The zero-order valence-corrected chi connectivity index (χ0v) is 15.7. The number of sulfonamides is 1. The van der Waals surface area contributed by atoms with Gasteiger partial charge in [0.05, 0.1) is 24.9 Å². The van der Waals surface area contributed by atoms with E-state index in [1.54, 1.807) is 24.3 Å². The summed E-state index contributed by atoms with van der Waals surface area (Å²) >= 11 is 0. The lowest BCUT2D eigenvalue weighted by molar-refractivity contribution is -0.120. The minimum absolute atomic E-state index is 0.0438. The molecular weight excluding hydrogens is 355 g/mol. The number of nitrogens with one attached hydrogen (secondary N) is 1. The summed E-state index contributed by atoms with van der Waals surface area (Å²) in [5.74, 6) is -0.678. The van der Waals surface area contributed by atoms with Gasteiger partial charge in [-0.1, -0.05) is 37.3 Å². The monoisotopic (exact) mass is 378 g/mol. The van der Waals surface area contributed by atoms with E-state index in [0.717, 1.165) is 11.8 Å².